The Labute approximate surface area is 252 Å². The highest BCUT2D eigenvalue weighted by Crippen LogP contribution is 2.30. The zero-order valence-corrected chi connectivity index (χ0v) is 25.1. The lowest BCUT2D eigenvalue weighted by Gasteiger charge is -2.26. The van der Waals surface area contributed by atoms with Gasteiger partial charge in [0.25, 0.3) is 0 Å². The quantitative estimate of drug-likeness (QED) is 0.281. The van der Waals surface area contributed by atoms with Gasteiger partial charge in [0.15, 0.2) is 11.5 Å². The number of rotatable bonds is 12. The molecule has 2 aliphatic rings. The van der Waals surface area contributed by atoms with E-state index in [-0.39, 0.29) is 18.5 Å². The van der Waals surface area contributed by atoms with Gasteiger partial charge in [0.1, 0.15) is 23.7 Å². The second kappa shape index (κ2) is 14.6. The Morgan fingerprint density at radius 3 is 2.53 bits per heavy atom. The fourth-order valence-corrected chi connectivity index (χ4v) is 6.45. The minimum absolute atomic E-state index is 0.0165. The van der Waals surface area contributed by atoms with Crippen LogP contribution in [0.4, 0.5) is 0 Å². The topological polar surface area (TPSA) is 133 Å². The highest BCUT2D eigenvalue weighted by molar-refractivity contribution is 7.89. The Bertz CT molecular complexity index is 1530. The zero-order valence-electron chi connectivity index (χ0n) is 24.2. The predicted molar refractivity (Wildman–Crippen MR) is 159 cm³/mol. The Morgan fingerprint density at radius 2 is 1.77 bits per heavy atom. The van der Waals surface area contributed by atoms with Crippen LogP contribution < -0.4 is 14.2 Å². The van der Waals surface area contributed by atoms with E-state index in [0.29, 0.717) is 86.7 Å². The number of morpholine rings is 1. The van der Waals surface area contributed by atoms with E-state index in [0.717, 1.165) is 24.0 Å². The third kappa shape index (κ3) is 8.20. The normalized spacial score (nSPS) is 16.4. The molecule has 0 saturated carbocycles. The van der Waals surface area contributed by atoms with E-state index in [1.807, 2.05) is 36.4 Å². The maximum absolute atomic E-state index is 12.5. The van der Waals surface area contributed by atoms with Crippen molar-refractivity contribution in [2.24, 2.45) is 0 Å². The summed E-state index contributed by atoms with van der Waals surface area (Å²) in [7, 11) is -1.77. The van der Waals surface area contributed by atoms with Crippen molar-refractivity contribution in [2.45, 2.75) is 31.8 Å². The van der Waals surface area contributed by atoms with Crippen molar-refractivity contribution in [1.29, 1.82) is 5.26 Å². The highest BCUT2D eigenvalue weighted by atomic mass is 32.2. The van der Waals surface area contributed by atoms with E-state index in [1.54, 1.807) is 19.4 Å². The molecule has 11 nitrogen and oxygen atoms in total. The summed E-state index contributed by atoms with van der Waals surface area (Å²) < 4.78 is 54.7. The van der Waals surface area contributed by atoms with Gasteiger partial charge in [-0.1, -0.05) is 6.07 Å². The maximum Gasteiger partial charge on any atom is 0.214 e. The van der Waals surface area contributed by atoms with Gasteiger partial charge in [0.2, 0.25) is 10.0 Å². The van der Waals surface area contributed by atoms with Gasteiger partial charge in [-0.25, -0.2) is 18.4 Å². The lowest BCUT2D eigenvalue weighted by Crippen LogP contribution is -2.42. The molecular weight excluding hydrogens is 572 g/mol. The summed E-state index contributed by atoms with van der Waals surface area (Å²) in [6, 6.07) is 15.2. The van der Waals surface area contributed by atoms with Crippen LogP contribution in [-0.4, -0.2) is 87.8 Å². The molecular formula is C31H36N4O7S. The second-order valence-electron chi connectivity index (χ2n) is 10.3. The number of methoxy groups -OCH3 is 1. The van der Waals surface area contributed by atoms with E-state index in [1.165, 1.54) is 4.31 Å². The number of hydrogen-bond donors (Lipinski definition) is 0. The Morgan fingerprint density at radius 1 is 1.00 bits per heavy atom. The number of benzene rings is 2. The van der Waals surface area contributed by atoms with E-state index < -0.39 is 10.0 Å². The summed E-state index contributed by atoms with van der Waals surface area (Å²) in [5.74, 6) is 2.28. The Balaban J connectivity index is 1.20. The van der Waals surface area contributed by atoms with Crippen molar-refractivity contribution < 1.29 is 32.1 Å². The van der Waals surface area contributed by atoms with Crippen LogP contribution in [0.3, 0.4) is 0 Å². The van der Waals surface area contributed by atoms with Crippen molar-refractivity contribution in [3.05, 3.63) is 65.6 Å². The van der Waals surface area contributed by atoms with Crippen LogP contribution in [0.2, 0.25) is 0 Å². The first-order valence-corrected chi connectivity index (χ1v) is 16.0. The summed E-state index contributed by atoms with van der Waals surface area (Å²) in [6.45, 7) is 3.21. The van der Waals surface area contributed by atoms with Crippen LogP contribution in [0.15, 0.2) is 48.7 Å². The number of ether oxygens (including phenoxy) is 5. The molecule has 2 aromatic carbocycles. The minimum Gasteiger partial charge on any atom is -0.493 e. The fraction of sp³-hybridized carbons (Fsp3) is 0.452. The standard InChI is InChI=1S/C31H36N4O7S/c1-38-30-19-23(3-5-29(30)41-13-2-18-43(36,37)35-11-16-40-17-12-35)20-31-33-10-7-27(34-31)24-4-6-28(25(21-24)22-32)42-26-8-14-39-15-9-26/h3-7,10,19,21,26H,2,8-9,11-18,20H2,1H3. The third-order valence-corrected chi connectivity index (χ3v) is 9.28. The molecule has 228 valence electrons. The smallest absolute Gasteiger partial charge is 0.214 e. The molecule has 0 unspecified atom stereocenters. The van der Waals surface area contributed by atoms with Crippen LogP contribution >= 0.6 is 0 Å². The number of nitrogens with zero attached hydrogens (tertiary/aromatic N) is 4. The first-order chi connectivity index (χ1) is 20.9. The van der Waals surface area contributed by atoms with Crippen molar-refractivity contribution in [1.82, 2.24) is 14.3 Å². The first-order valence-electron chi connectivity index (χ1n) is 14.4. The van der Waals surface area contributed by atoms with Crippen LogP contribution in [0.1, 0.15) is 36.2 Å². The minimum atomic E-state index is -3.33. The monoisotopic (exact) mass is 608 g/mol. The van der Waals surface area contributed by atoms with Crippen molar-refractivity contribution in [3.8, 4) is 34.6 Å². The molecule has 2 saturated heterocycles. The van der Waals surface area contributed by atoms with E-state index in [4.69, 9.17) is 28.7 Å². The van der Waals surface area contributed by atoms with Gasteiger partial charge in [-0.15, -0.1) is 0 Å². The zero-order chi connectivity index (χ0) is 30.1. The van der Waals surface area contributed by atoms with Crippen molar-refractivity contribution in [2.75, 3.05) is 59.0 Å². The number of aromatic nitrogens is 2. The predicted octanol–water partition coefficient (Wildman–Crippen LogP) is 3.60. The largest absolute Gasteiger partial charge is 0.493 e. The molecule has 12 heteroatoms. The molecule has 2 aliphatic heterocycles. The Hall–Kier alpha value is -3.76. The first kappa shape index (κ1) is 30.7. The second-order valence-corrected chi connectivity index (χ2v) is 12.4. The molecule has 0 radical (unpaired) electrons. The van der Waals surface area contributed by atoms with E-state index >= 15 is 0 Å². The summed E-state index contributed by atoms with van der Waals surface area (Å²) in [6.07, 6.45) is 4.18. The maximum atomic E-state index is 12.5. The Kier molecular flexibility index (Phi) is 10.4. The molecule has 3 heterocycles. The molecule has 0 atom stereocenters. The van der Waals surface area contributed by atoms with Gasteiger partial charge in [0, 0.05) is 44.1 Å². The number of nitriles is 1. The van der Waals surface area contributed by atoms with Crippen LogP contribution in [0.5, 0.6) is 17.2 Å². The number of sulfonamides is 1. The molecule has 2 fully saturated rings. The summed E-state index contributed by atoms with van der Waals surface area (Å²) in [5, 5.41) is 9.76. The van der Waals surface area contributed by atoms with Gasteiger partial charge in [-0.05, 0) is 48.4 Å². The molecule has 43 heavy (non-hydrogen) atoms. The molecule has 0 aliphatic carbocycles. The highest BCUT2D eigenvalue weighted by Gasteiger charge is 2.24. The van der Waals surface area contributed by atoms with Gasteiger partial charge >= 0.3 is 0 Å². The van der Waals surface area contributed by atoms with Crippen LogP contribution in [0, 0.1) is 11.3 Å². The SMILES string of the molecule is COc1cc(Cc2nccc(-c3ccc(OC4CCOCC4)c(C#N)c3)n2)ccc1OCCCS(=O)(=O)N1CCOCC1. The number of hydrogen-bond acceptors (Lipinski definition) is 10. The van der Waals surface area contributed by atoms with Gasteiger partial charge < -0.3 is 23.7 Å². The lowest BCUT2D eigenvalue weighted by atomic mass is 10.1. The average molecular weight is 609 g/mol. The third-order valence-electron chi connectivity index (χ3n) is 7.32. The molecule has 0 amide bonds. The summed E-state index contributed by atoms with van der Waals surface area (Å²) in [4.78, 5) is 9.18. The molecule has 3 aromatic rings. The molecule has 0 bridgehead atoms. The van der Waals surface area contributed by atoms with Gasteiger partial charge in [-0.2, -0.15) is 9.57 Å². The molecule has 5 rings (SSSR count). The van der Waals surface area contributed by atoms with Gasteiger partial charge in [0.05, 0.1) is 57.2 Å². The molecule has 1 aromatic heterocycles. The van der Waals surface area contributed by atoms with Crippen LogP contribution in [-0.2, 0) is 25.9 Å². The van der Waals surface area contributed by atoms with Crippen molar-refractivity contribution >= 4 is 10.0 Å². The fourth-order valence-electron chi connectivity index (χ4n) is 5.00. The molecule has 0 spiro atoms. The van der Waals surface area contributed by atoms with Gasteiger partial charge in [-0.3, -0.25) is 0 Å². The lowest BCUT2D eigenvalue weighted by molar-refractivity contribution is 0.0254. The average Bonchev–Trinajstić information content (AvgIpc) is 3.04. The molecule has 0 N–H and O–H groups in total. The summed E-state index contributed by atoms with van der Waals surface area (Å²) in [5.41, 5.74) is 2.90. The van der Waals surface area contributed by atoms with Crippen LogP contribution in [0.25, 0.3) is 11.3 Å². The van der Waals surface area contributed by atoms with E-state index in [2.05, 4.69) is 11.1 Å². The van der Waals surface area contributed by atoms with Crippen molar-refractivity contribution in [3.63, 3.8) is 0 Å². The van der Waals surface area contributed by atoms with E-state index in [9.17, 15) is 13.7 Å². The summed E-state index contributed by atoms with van der Waals surface area (Å²) >= 11 is 0.